The molecule has 0 aliphatic rings. The van der Waals surface area contributed by atoms with Crippen LogP contribution in [0.15, 0.2) is 0 Å². The van der Waals surface area contributed by atoms with Gasteiger partial charge in [-0.3, -0.25) is 9.69 Å². The number of hydrogen-bond donors (Lipinski definition) is 0. The first kappa shape index (κ1) is 16.6. The van der Waals surface area contributed by atoms with Gasteiger partial charge in [-0.1, -0.05) is 41.5 Å². The highest BCUT2D eigenvalue weighted by Crippen LogP contribution is 2.30. The van der Waals surface area contributed by atoms with E-state index in [1.54, 1.807) is 0 Å². The average Bonchev–Trinajstić information content (AvgIpc) is 2.37. The number of rotatable bonds is 9. The molecule has 0 saturated heterocycles. The van der Waals surface area contributed by atoms with Gasteiger partial charge in [0.25, 0.3) is 0 Å². The van der Waals surface area contributed by atoms with Gasteiger partial charge in [-0.15, -0.1) is 0 Å². The van der Waals surface area contributed by atoms with Crippen LogP contribution in [0.25, 0.3) is 0 Å². The van der Waals surface area contributed by atoms with Crippen LogP contribution < -0.4 is 0 Å². The highest BCUT2D eigenvalue weighted by Gasteiger charge is 2.41. The monoisotopic (exact) mass is 241 g/mol. The molecular formula is C15H31NO. The lowest BCUT2D eigenvalue weighted by Crippen LogP contribution is -2.55. The van der Waals surface area contributed by atoms with E-state index in [9.17, 15) is 4.79 Å². The fourth-order valence-electron chi connectivity index (χ4n) is 3.07. The number of nitrogens with zero attached hydrogens (tertiary/aromatic N) is 1. The molecule has 0 aliphatic carbocycles. The zero-order valence-corrected chi connectivity index (χ0v) is 12.7. The van der Waals surface area contributed by atoms with Gasteiger partial charge in [0.15, 0.2) is 5.78 Å². The fraction of sp³-hybridized carbons (Fsp3) is 0.933. The predicted octanol–water partition coefficient (Wildman–Crippen LogP) is 3.89. The van der Waals surface area contributed by atoms with Crippen LogP contribution >= 0.6 is 0 Å². The van der Waals surface area contributed by atoms with E-state index >= 15 is 0 Å². The SMILES string of the molecule is CCC(CC)C(=O)C(CC)(CC)N(CC)CC. The van der Waals surface area contributed by atoms with E-state index in [4.69, 9.17) is 0 Å². The summed E-state index contributed by atoms with van der Waals surface area (Å²) in [5.74, 6) is 0.701. The standard InChI is InChI=1S/C15H31NO/c1-7-13(8-2)14(17)15(9-3,10-4)16(11-5)12-6/h13H,7-12H2,1-6H3. The molecular weight excluding hydrogens is 210 g/mol. The van der Waals surface area contributed by atoms with Crippen molar-refractivity contribution in [2.75, 3.05) is 13.1 Å². The molecule has 0 saturated carbocycles. The van der Waals surface area contributed by atoms with E-state index in [2.05, 4.69) is 46.4 Å². The van der Waals surface area contributed by atoms with Crippen LogP contribution in [0.3, 0.4) is 0 Å². The molecule has 0 heterocycles. The largest absolute Gasteiger partial charge is 0.297 e. The molecule has 0 aromatic rings. The third kappa shape index (κ3) is 3.31. The molecule has 0 fully saturated rings. The van der Waals surface area contributed by atoms with E-state index in [0.29, 0.717) is 5.78 Å². The number of ketones is 1. The van der Waals surface area contributed by atoms with E-state index in [1.165, 1.54) is 0 Å². The zero-order chi connectivity index (χ0) is 13.5. The topological polar surface area (TPSA) is 20.3 Å². The first-order chi connectivity index (χ1) is 8.07. The quantitative estimate of drug-likeness (QED) is 0.610. The van der Waals surface area contributed by atoms with Crippen molar-refractivity contribution >= 4 is 5.78 Å². The van der Waals surface area contributed by atoms with Gasteiger partial charge in [-0.05, 0) is 38.8 Å². The van der Waals surface area contributed by atoms with Gasteiger partial charge in [0.2, 0.25) is 0 Å². The van der Waals surface area contributed by atoms with Gasteiger partial charge in [0.1, 0.15) is 0 Å². The normalized spacial score (nSPS) is 12.5. The Kier molecular flexibility index (Phi) is 7.69. The molecule has 0 unspecified atom stereocenters. The number of carbonyl (C=O) groups excluding carboxylic acids is 1. The Morgan fingerprint density at radius 3 is 1.59 bits per heavy atom. The summed E-state index contributed by atoms with van der Waals surface area (Å²) in [5.41, 5.74) is -0.222. The third-order valence-corrected chi connectivity index (χ3v) is 4.35. The fourth-order valence-corrected chi connectivity index (χ4v) is 3.07. The van der Waals surface area contributed by atoms with Crippen molar-refractivity contribution in [1.29, 1.82) is 0 Å². The summed E-state index contributed by atoms with van der Waals surface area (Å²) in [6.45, 7) is 14.8. The minimum absolute atomic E-state index is 0.222. The maximum Gasteiger partial charge on any atom is 0.156 e. The molecule has 0 aliphatic heterocycles. The molecule has 0 atom stereocenters. The summed E-state index contributed by atoms with van der Waals surface area (Å²) in [6, 6.07) is 0. The van der Waals surface area contributed by atoms with Gasteiger partial charge in [-0.2, -0.15) is 0 Å². The Hall–Kier alpha value is -0.370. The van der Waals surface area contributed by atoms with Crippen LogP contribution in [0.4, 0.5) is 0 Å². The molecule has 0 bridgehead atoms. The van der Waals surface area contributed by atoms with Crippen molar-refractivity contribution in [3.8, 4) is 0 Å². The molecule has 2 heteroatoms. The van der Waals surface area contributed by atoms with Crippen LogP contribution in [-0.4, -0.2) is 29.3 Å². The Labute approximate surface area is 108 Å². The van der Waals surface area contributed by atoms with Crippen LogP contribution in [0.2, 0.25) is 0 Å². The number of carbonyl (C=O) groups is 1. The van der Waals surface area contributed by atoms with Crippen molar-refractivity contribution in [1.82, 2.24) is 4.90 Å². The molecule has 0 rings (SSSR count). The lowest BCUT2D eigenvalue weighted by molar-refractivity contribution is -0.136. The lowest BCUT2D eigenvalue weighted by Gasteiger charge is -2.42. The summed E-state index contributed by atoms with van der Waals surface area (Å²) in [7, 11) is 0. The Balaban J connectivity index is 5.23. The van der Waals surface area contributed by atoms with Crippen LogP contribution in [0, 0.1) is 5.92 Å². The summed E-state index contributed by atoms with van der Waals surface area (Å²) in [6.07, 6.45) is 3.80. The number of Topliss-reactive ketones (excluding diaryl/α,β-unsaturated/α-hetero) is 1. The zero-order valence-electron chi connectivity index (χ0n) is 12.7. The second kappa shape index (κ2) is 7.86. The number of hydrogen-bond acceptors (Lipinski definition) is 2. The second-order valence-corrected chi connectivity index (χ2v) is 4.79. The molecule has 0 aromatic carbocycles. The van der Waals surface area contributed by atoms with E-state index in [-0.39, 0.29) is 11.5 Å². The van der Waals surface area contributed by atoms with Gasteiger partial charge in [-0.25, -0.2) is 0 Å². The number of likely N-dealkylation sites (N-methyl/N-ethyl adjacent to an activating group) is 1. The minimum Gasteiger partial charge on any atom is -0.297 e. The molecule has 0 radical (unpaired) electrons. The van der Waals surface area contributed by atoms with Crippen molar-refractivity contribution in [2.45, 2.75) is 72.8 Å². The molecule has 0 aromatic heterocycles. The van der Waals surface area contributed by atoms with Gasteiger partial charge in [0.05, 0.1) is 5.54 Å². The third-order valence-electron chi connectivity index (χ3n) is 4.35. The van der Waals surface area contributed by atoms with Crippen molar-refractivity contribution < 1.29 is 4.79 Å². The predicted molar refractivity (Wildman–Crippen MR) is 75.3 cm³/mol. The molecule has 102 valence electrons. The second-order valence-electron chi connectivity index (χ2n) is 4.79. The smallest absolute Gasteiger partial charge is 0.156 e. The van der Waals surface area contributed by atoms with Gasteiger partial charge < -0.3 is 0 Å². The molecule has 0 N–H and O–H groups in total. The first-order valence-electron chi connectivity index (χ1n) is 7.37. The molecule has 2 nitrogen and oxygen atoms in total. The molecule has 0 spiro atoms. The maximum absolute atomic E-state index is 12.8. The van der Waals surface area contributed by atoms with E-state index in [1.807, 2.05) is 0 Å². The van der Waals surface area contributed by atoms with Crippen molar-refractivity contribution in [2.24, 2.45) is 5.92 Å². The maximum atomic E-state index is 12.8. The minimum atomic E-state index is -0.222. The summed E-state index contributed by atoms with van der Waals surface area (Å²) in [4.78, 5) is 15.2. The molecule has 0 amide bonds. The van der Waals surface area contributed by atoms with Crippen LogP contribution in [0.5, 0.6) is 0 Å². The van der Waals surface area contributed by atoms with E-state index in [0.717, 1.165) is 38.8 Å². The first-order valence-corrected chi connectivity index (χ1v) is 7.37. The summed E-state index contributed by atoms with van der Waals surface area (Å²) < 4.78 is 0. The summed E-state index contributed by atoms with van der Waals surface area (Å²) in [5, 5.41) is 0. The van der Waals surface area contributed by atoms with Crippen molar-refractivity contribution in [3.05, 3.63) is 0 Å². The highest BCUT2D eigenvalue weighted by atomic mass is 16.1. The Morgan fingerprint density at radius 1 is 0.941 bits per heavy atom. The average molecular weight is 241 g/mol. The summed E-state index contributed by atoms with van der Waals surface area (Å²) >= 11 is 0. The molecule has 17 heavy (non-hydrogen) atoms. The highest BCUT2D eigenvalue weighted by molar-refractivity contribution is 5.90. The van der Waals surface area contributed by atoms with Gasteiger partial charge >= 0.3 is 0 Å². The van der Waals surface area contributed by atoms with Crippen molar-refractivity contribution in [3.63, 3.8) is 0 Å². The van der Waals surface area contributed by atoms with Crippen LogP contribution in [-0.2, 0) is 4.79 Å². The van der Waals surface area contributed by atoms with E-state index < -0.39 is 0 Å². The van der Waals surface area contributed by atoms with Gasteiger partial charge in [0, 0.05) is 5.92 Å². The Bertz CT molecular complexity index is 213. The lowest BCUT2D eigenvalue weighted by atomic mass is 9.78. The Morgan fingerprint density at radius 2 is 1.35 bits per heavy atom. The van der Waals surface area contributed by atoms with Crippen LogP contribution in [0.1, 0.15) is 67.2 Å².